The predicted octanol–water partition coefficient (Wildman–Crippen LogP) is 3.95. The van der Waals surface area contributed by atoms with Crippen LogP contribution in [-0.2, 0) is 31.5 Å². The predicted molar refractivity (Wildman–Crippen MR) is 130 cm³/mol. The highest BCUT2D eigenvalue weighted by Gasteiger charge is 2.43. The molecule has 0 aromatic heterocycles. The third-order valence-corrected chi connectivity index (χ3v) is 10.3. The van der Waals surface area contributed by atoms with Crippen molar-refractivity contribution in [2.45, 2.75) is 75.1 Å². The fourth-order valence-corrected chi connectivity index (χ4v) is 8.01. The quantitative estimate of drug-likeness (QED) is 0.627. The Labute approximate surface area is 202 Å². The fourth-order valence-electron chi connectivity index (χ4n) is 5.66. The second-order valence-corrected chi connectivity index (χ2v) is 12.0. The minimum absolute atomic E-state index is 0.0236. The first-order valence-corrected chi connectivity index (χ1v) is 13.7. The standard InChI is InChI=1S/C26H35FN2O4S/c1-19-7-10-24(20-5-3-2-4-6-20)34(31,32)29(19)18-21-8-9-22(17-23(21)27)26(12-11-25(28)30)13-15-33-16-14-26/h2-5,8-9,17,19-20,24H,6-7,10-16,18H2,1H3,(H2,28,30)/t19-,20?,24+/m0/s1. The average Bonchev–Trinajstić information content (AvgIpc) is 2.82. The lowest BCUT2D eigenvalue weighted by molar-refractivity contribution is -0.118. The monoisotopic (exact) mass is 490 g/mol. The molecule has 3 atom stereocenters. The Bertz CT molecular complexity index is 1060. The zero-order valence-corrected chi connectivity index (χ0v) is 20.6. The van der Waals surface area contributed by atoms with E-state index in [1.807, 2.05) is 37.3 Å². The fraction of sp³-hybridized carbons (Fsp3) is 0.577. The zero-order chi connectivity index (χ0) is 24.3. The first-order valence-electron chi connectivity index (χ1n) is 12.2. The van der Waals surface area contributed by atoms with Gasteiger partial charge in [0.05, 0.1) is 5.25 Å². The van der Waals surface area contributed by atoms with Crippen molar-refractivity contribution in [2.75, 3.05) is 13.2 Å². The highest BCUT2D eigenvalue weighted by molar-refractivity contribution is 7.89. The Balaban J connectivity index is 1.57. The first-order chi connectivity index (χ1) is 16.2. The molecule has 2 aliphatic heterocycles. The second kappa shape index (κ2) is 10.3. The molecule has 6 nitrogen and oxygen atoms in total. The molecule has 34 heavy (non-hydrogen) atoms. The van der Waals surface area contributed by atoms with Crippen LogP contribution in [0.25, 0.3) is 0 Å². The van der Waals surface area contributed by atoms with Crippen molar-refractivity contribution in [1.82, 2.24) is 4.31 Å². The number of amides is 1. The number of hydrogen-bond acceptors (Lipinski definition) is 4. The van der Waals surface area contributed by atoms with Gasteiger partial charge in [0.2, 0.25) is 15.9 Å². The minimum atomic E-state index is -3.58. The Morgan fingerprint density at radius 1 is 1.24 bits per heavy atom. The van der Waals surface area contributed by atoms with Crippen molar-refractivity contribution in [1.29, 1.82) is 0 Å². The minimum Gasteiger partial charge on any atom is -0.381 e. The Kier molecular flexibility index (Phi) is 7.60. The van der Waals surface area contributed by atoms with Gasteiger partial charge in [0, 0.05) is 43.2 Å². The Hall–Kier alpha value is -2.03. The number of ether oxygens (including phenoxy) is 1. The molecule has 0 spiro atoms. The van der Waals surface area contributed by atoms with Crippen molar-refractivity contribution in [2.24, 2.45) is 11.7 Å². The highest BCUT2D eigenvalue weighted by atomic mass is 32.2. The summed E-state index contributed by atoms with van der Waals surface area (Å²) in [6.07, 6.45) is 12.1. The smallest absolute Gasteiger partial charge is 0.218 e. The number of nitrogens with zero attached hydrogens (tertiary/aromatic N) is 1. The zero-order valence-electron chi connectivity index (χ0n) is 19.8. The van der Waals surface area contributed by atoms with Crippen LogP contribution in [0.2, 0.25) is 0 Å². The summed E-state index contributed by atoms with van der Waals surface area (Å²) in [6, 6.07) is 4.94. The summed E-state index contributed by atoms with van der Waals surface area (Å²) in [5.41, 5.74) is 6.23. The van der Waals surface area contributed by atoms with Crippen LogP contribution in [0.15, 0.2) is 42.5 Å². The van der Waals surface area contributed by atoms with Crippen LogP contribution in [0.4, 0.5) is 4.39 Å². The number of sulfonamides is 1. The number of carbonyl (C=O) groups excluding carboxylic acids is 1. The molecule has 1 aliphatic carbocycles. The summed E-state index contributed by atoms with van der Waals surface area (Å²) in [5, 5.41) is -0.480. The molecule has 0 radical (unpaired) electrons. The van der Waals surface area contributed by atoms with Gasteiger partial charge in [-0.25, -0.2) is 12.8 Å². The number of rotatable bonds is 7. The molecule has 8 heteroatoms. The maximum atomic E-state index is 15.4. The van der Waals surface area contributed by atoms with Crippen LogP contribution in [0, 0.1) is 11.7 Å². The number of halogens is 1. The third-order valence-electron chi connectivity index (χ3n) is 7.85. The molecule has 2 fully saturated rings. The van der Waals surface area contributed by atoms with Crippen molar-refractivity contribution in [3.05, 3.63) is 59.4 Å². The number of hydrogen-bond donors (Lipinski definition) is 1. The molecule has 4 rings (SSSR count). The van der Waals surface area contributed by atoms with Gasteiger partial charge in [0.25, 0.3) is 0 Å². The molecule has 1 aromatic carbocycles. The van der Waals surface area contributed by atoms with E-state index in [1.54, 1.807) is 6.07 Å². The van der Waals surface area contributed by atoms with Crippen molar-refractivity contribution in [3.63, 3.8) is 0 Å². The first kappa shape index (κ1) is 25.1. The highest BCUT2D eigenvalue weighted by Crippen LogP contribution is 2.40. The molecule has 2 saturated heterocycles. The van der Waals surface area contributed by atoms with Gasteiger partial charge in [-0.05, 0) is 63.0 Å². The molecule has 2 heterocycles. The summed E-state index contributed by atoms with van der Waals surface area (Å²) in [4.78, 5) is 11.4. The molecular formula is C26H35FN2O4S. The Morgan fingerprint density at radius 2 is 2.00 bits per heavy atom. The average molecular weight is 491 g/mol. The lowest BCUT2D eigenvalue weighted by Gasteiger charge is -2.40. The summed E-state index contributed by atoms with van der Waals surface area (Å²) in [5.74, 6) is -0.826. The van der Waals surface area contributed by atoms with Crippen LogP contribution in [0.1, 0.15) is 63.0 Å². The lowest BCUT2D eigenvalue weighted by Crippen LogP contribution is -2.50. The molecule has 0 saturated carbocycles. The van der Waals surface area contributed by atoms with Crippen LogP contribution in [0.3, 0.4) is 0 Å². The molecule has 1 unspecified atom stereocenters. The van der Waals surface area contributed by atoms with E-state index in [1.165, 1.54) is 10.4 Å². The van der Waals surface area contributed by atoms with Gasteiger partial charge in [-0.3, -0.25) is 4.79 Å². The van der Waals surface area contributed by atoms with Crippen LogP contribution in [0.5, 0.6) is 0 Å². The molecule has 2 N–H and O–H groups in total. The summed E-state index contributed by atoms with van der Waals surface area (Å²) >= 11 is 0. The van der Waals surface area contributed by atoms with E-state index in [0.717, 1.165) is 12.0 Å². The largest absolute Gasteiger partial charge is 0.381 e. The van der Waals surface area contributed by atoms with E-state index in [-0.39, 0.29) is 36.2 Å². The molecule has 1 amide bonds. The maximum Gasteiger partial charge on any atom is 0.218 e. The molecule has 3 aliphatic rings. The molecule has 1 aromatic rings. The molecule has 186 valence electrons. The van der Waals surface area contributed by atoms with Gasteiger partial charge >= 0.3 is 0 Å². The number of benzene rings is 1. The SMILES string of the molecule is C[C@H]1CC[C@H](C2C=CC=CC2)S(=O)(=O)N1Cc1ccc(C2(CCC(N)=O)CCOCC2)cc1F. The number of carbonyl (C=O) groups is 1. The van der Waals surface area contributed by atoms with E-state index in [4.69, 9.17) is 10.5 Å². The van der Waals surface area contributed by atoms with Gasteiger partial charge in [0.15, 0.2) is 0 Å². The van der Waals surface area contributed by atoms with Gasteiger partial charge in [0.1, 0.15) is 5.82 Å². The number of nitrogens with two attached hydrogens (primary N) is 1. The number of primary amides is 1. The topological polar surface area (TPSA) is 89.7 Å². The van der Waals surface area contributed by atoms with Crippen LogP contribution < -0.4 is 5.73 Å². The Morgan fingerprint density at radius 3 is 2.65 bits per heavy atom. The number of allylic oxidation sites excluding steroid dienone is 4. The van der Waals surface area contributed by atoms with E-state index in [9.17, 15) is 13.2 Å². The van der Waals surface area contributed by atoms with Gasteiger partial charge in [-0.15, -0.1) is 0 Å². The van der Waals surface area contributed by atoms with Crippen molar-refractivity contribution < 1.29 is 22.3 Å². The van der Waals surface area contributed by atoms with Gasteiger partial charge in [-0.2, -0.15) is 4.31 Å². The van der Waals surface area contributed by atoms with Crippen molar-refractivity contribution in [3.8, 4) is 0 Å². The van der Waals surface area contributed by atoms with Crippen LogP contribution in [-0.4, -0.2) is 43.1 Å². The molecule has 0 bridgehead atoms. The summed E-state index contributed by atoms with van der Waals surface area (Å²) < 4.78 is 49.5. The molecular weight excluding hydrogens is 455 g/mol. The van der Waals surface area contributed by atoms with E-state index >= 15 is 4.39 Å². The van der Waals surface area contributed by atoms with E-state index in [2.05, 4.69) is 0 Å². The summed E-state index contributed by atoms with van der Waals surface area (Å²) in [7, 11) is -3.58. The van der Waals surface area contributed by atoms with E-state index in [0.29, 0.717) is 50.9 Å². The third kappa shape index (κ3) is 5.14. The second-order valence-electron chi connectivity index (χ2n) is 9.93. The summed E-state index contributed by atoms with van der Waals surface area (Å²) in [6.45, 7) is 3.03. The van der Waals surface area contributed by atoms with Crippen molar-refractivity contribution >= 4 is 15.9 Å². The van der Waals surface area contributed by atoms with Crippen LogP contribution >= 0.6 is 0 Å². The van der Waals surface area contributed by atoms with Gasteiger partial charge in [-0.1, -0.05) is 36.4 Å². The lowest BCUT2D eigenvalue weighted by atomic mass is 9.71. The van der Waals surface area contributed by atoms with E-state index < -0.39 is 21.1 Å². The normalized spacial score (nSPS) is 28.6. The van der Waals surface area contributed by atoms with Gasteiger partial charge < -0.3 is 10.5 Å². The maximum absolute atomic E-state index is 15.4.